The van der Waals surface area contributed by atoms with Gasteiger partial charge in [0, 0.05) is 57.1 Å². The number of carbonyl (C=O) groups excluding carboxylic acids is 1. The molecular formula is C28H30F2N6O4. The molecule has 1 N–H and O–H groups in total. The van der Waals surface area contributed by atoms with Gasteiger partial charge in [0.1, 0.15) is 5.75 Å². The van der Waals surface area contributed by atoms with E-state index < -0.39 is 6.61 Å². The molecule has 1 saturated heterocycles. The molecule has 2 aromatic heterocycles. The van der Waals surface area contributed by atoms with Crippen molar-refractivity contribution in [1.82, 2.24) is 24.2 Å². The van der Waals surface area contributed by atoms with E-state index in [0.29, 0.717) is 42.0 Å². The normalized spacial score (nSPS) is 15.7. The number of alkyl halides is 2. The lowest BCUT2D eigenvalue weighted by Gasteiger charge is -2.40. The molecule has 1 unspecified atom stereocenters. The average Bonchev–Trinajstić information content (AvgIpc) is 3.18. The largest absolute Gasteiger partial charge is 0.434 e. The number of nitrogens with zero attached hydrogens (tertiary/aromatic N) is 6. The van der Waals surface area contributed by atoms with Crippen LogP contribution in [0, 0.1) is 6.92 Å². The molecule has 210 valence electrons. The highest BCUT2D eigenvalue weighted by Crippen LogP contribution is 2.27. The molecule has 10 nitrogen and oxygen atoms in total. The Kier molecular flexibility index (Phi) is 7.53. The van der Waals surface area contributed by atoms with E-state index >= 15 is 0 Å². The van der Waals surface area contributed by atoms with Crippen LogP contribution in [0.25, 0.3) is 22.0 Å². The van der Waals surface area contributed by atoms with Gasteiger partial charge in [-0.15, -0.1) is 0 Å². The Balaban J connectivity index is 1.45. The molecule has 1 fully saturated rings. The maximum absolute atomic E-state index is 13.0. The van der Waals surface area contributed by atoms with Gasteiger partial charge in [0.15, 0.2) is 0 Å². The van der Waals surface area contributed by atoms with Crippen LogP contribution in [0.2, 0.25) is 0 Å². The van der Waals surface area contributed by atoms with Crippen LogP contribution in [0.5, 0.6) is 5.75 Å². The van der Waals surface area contributed by atoms with Crippen molar-refractivity contribution in [2.45, 2.75) is 33.0 Å². The van der Waals surface area contributed by atoms with Crippen LogP contribution in [0.1, 0.15) is 18.1 Å². The van der Waals surface area contributed by atoms with E-state index in [-0.39, 0.29) is 36.4 Å². The Labute approximate surface area is 229 Å². The number of amides is 1. The van der Waals surface area contributed by atoms with Crippen molar-refractivity contribution in [3.63, 3.8) is 0 Å². The molecule has 12 heteroatoms. The second-order valence-electron chi connectivity index (χ2n) is 9.87. The predicted molar refractivity (Wildman–Crippen MR) is 146 cm³/mol. The van der Waals surface area contributed by atoms with Crippen molar-refractivity contribution in [1.29, 1.82) is 0 Å². The standard InChI is InChI=1S/C28H30F2N6O4/c1-17-4-7-25(40-27(29)30)20(10-17)14-36-24-11-19(5-6-23(24)26(39)33(36)3)21-12-31-28(32-13-21)34-8-9-35(18(2)38)22(15-34)16-37/h4-7,10-13,22,27,37H,8-9,14-16H2,1-3H3. The van der Waals surface area contributed by atoms with Crippen LogP contribution >= 0.6 is 0 Å². The zero-order chi connectivity index (χ0) is 28.6. The van der Waals surface area contributed by atoms with E-state index in [1.54, 1.807) is 47.2 Å². The maximum atomic E-state index is 13.0. The summed E-state index contributed by atoms with van der Waals surface area (Å²) in [4.78, 5) is 37.4. The molecule has 3 heterocycles. The summed E-state index contributed by atoms with van der Waals surface area (Å²) in [6, 6.07) is 10.0. The van der Waals surface area contributed by atoms with Crippen molar-refractivity contribution in [3.05, 3.63) is 70.3 Å². The predicted octanol–water partition coefficient (Wildman–Crippen LogP) is 2.78. The molecule has 0 saturated carbocycles. The maximum Gasteiger partial charge on any atom is 0.387 e. The lowest BCUT2D eigenvalue weighted by atomic mass is 10.1. The van der Waals surface area contributed by atoms with Crippen LogP contribution in [-0.4, -0.2) is 74.1 Å². The summed E-state index contributed by atoms with van der Waals surface area (Å²) in [7, 11) is 1.63. The Morgan fingerprint density at radius 3 is 2.55 bits per heavy atom. The Hall–Kier alpha value is -4.32. The van der Waals surface area contributed by atoms with Crippen LogP contribution in [0.3, 0.4) is 0 Å². The van der Waals surface area contributed by atoms with E-state index in [0.717, 1.165) is 16.7 Å². The third-order valence-electron chi connectivity index (χ3n) is 7.27. The van der Waals surface area contributed by atoms with Gasteiger partial charge in [-0.3, -0.25) is 19.0 Å². The number of rotatable bonds is 7. The van der Waals surface area contributed by atoms with Gasteiger partial charge in [-0.1, -0.05) is 23.8 Å². The fourth-order valence-electron chi connectivity index (χ4n) is 5.19. The highest BCUT2D eigenvalue weighted by Gasteiger charge is 2.29. The van der Waals surface area contributed by atoms with Gasteiger partial charge in [0.2, 0.25) is 11.9 Å². The van der Waals surface area contributed by atoms with E-state index in [1.807, 2.05) is 24.0 Å². The summed E-state index contributed by atoms with van der Waals surface area (Å²) in [6.45, 7) is 1.83. The number of aromatic nitrogens is 4. The number of ether oxygens (including phenoxy) is 1. The van der Waals surface area contributed by atoms with Gasteiger partial charge in [-0.25, -0.2) is 9.97 Å². The molecule has 0 bridgehead atoms. The Morgan fingerprint density at radius 2 is 1.88 bits per heavy atom. The molecule has 2 aromatic carbocycles. The highest BCUT2D eigenvalue weighted by molar-refractivity contribution is 5.84. The van der Waals surface area contributed by atoms with Gasteiger partial charge in [0.25, 0.3) is 5.56 Å². The van der Waals surface area contributed by atoms with E-state index in [2.05, 4.69) is 9.97 Å². The molecule has 1 aliphatic rings. The first-order chi connectivity index (χ1) is 19.2. The molecule has 0 aliphatic carbocycles. The number of piperazine rings is 1. The number of benzene rings is 2. The van der Waals surface area contributed by atoms with Crippen molar-refractivity contribution in [2.24, 2.45) is 7.05 Å². The molecule has 0 radical (unpaired) electrons. The first kappa shape index (κ1) is 27.3. The van der Waals surface area contributed by atoms with Crippen molar-refractivity contribution in [3.8, 4) is 16.9 Å². The number of aryl methyl sites for hydroxylation is 1. The molecule has 4 aromatic rings. The molecule has 1 amide bonds. The zero-order valence-electron chi connectivity index (χ0n) is 22.4. The molecule has 5 rings (SSSR count). The number of anilines is 1. The van der Waals surface area contributed by atoms with Crippen molar-refractivity contribution >= 4 is 22.8 Å². The summed E-state index contributed by atoms with van der Waals surface area (Å²) < 4.78 is 34.0. The number of carbonyl (C=O) groups is 1. The summed E-state index contributed by atoms with van der Waals surface area (Å²) in [5.41, 5.74) is 3.33. The topological polar surface area (TPSA) is 106 Å². The summed E-state index contributed by atoms with van der Waals surface area (Å²) in [5, 5.41) is 10.2. The summed E-state index contributed by atoms with van der Waals surface area (Å²) >= 11 is 0. The van der Waals surface area contributed by atoms with Gasteiger partial charge in [-0.05, 0) is 30.7 Å². The minimum Gasteiger partial charge on any atom is -0.434 e. The molecule has 1 atom stereocenters. The zero-order valence-corrected chi connectivity index (χ0v) is 22.4. The molecule has 0 spiro atoms. The lowest BCUT2D eigenvalue weighted by molar-refractivity contribution is -0.132. The van der Waals surface area contributed by atoms with E-state index in [4.69, 9.17) is 4.74 Å². The quantitative estimate of drug-likeness (QED) is 0.376. The summed E-state index contributed by atoms with van der Waals surface area (Å²) in [5.74, 6) is 0.474. The number of hydrogen-bond acceptors (Lipinski definition) is 7. The van der Waals surface area contributed by atoms with Gasteiger partial charge in [0.05, 0.1) is 30.1 Å². The number of halogens is 2. The second kappa shape index (κ2) is 11.0. The smallest absolute Gasteiger partial charge is 0.387 e. The van der Waals surface area contributed by atoms with Crippen LogP contribution in [0.4, 0.5) is 14.7 Å². The number of aliphatic hydroxyl groups excluding tert-OH is 1. The highest BCUT2D eigenvalue weighted by atomic mass is 19.3. The third kappa shape index (κ3) is 5.26. The minimum absolute atomic E-state index is 0.0580. The number of hydrogen-bond donors (Lipinski definition) is 1. The van der Waals surface area contributed by atoms with Crippen LogP contribution < -0.4 is 15.2 Å². The molecule has 1 aliphatic heterocycles. The third-order valence-corrected chi connectivity index (χ3v) is 7.27. The second-order valence-corrected chi connectivity index (χ2v) is 9.87. The van der Waals surface area contributed by atoms with Crippen molar-refractivity contribution in [2.75, 3.05) is 31.1 Å². The van der Waals surface area contributed by atoms with E-state index in [9.17, 15) is 23.5 Å². The first-order valence-electron chi connectivity index (χ1n) is 12.9. The average molecular weight is 553 g/mol. The molecular weight excluding hydrogens is 522 g/mol. The van der Waals surface area contributed by atoms with Crippen molar-refractivity contribution < 1.29 is 23.4 Å². The van der Waals surface area contributed by atoms with Gasteiger partial charge >= 0.3 is 6.61 Å². The Bertz CT molecular complexity index is 1600. The van der Waals surface area contributed by atoms with Crippen LogP contribution in [-0.2, 0) is 18.4 Å². The fraction of sp³-hybridized carbons (Fsp3) is 0.357. The Morgan fingerprint density at radius 1 is 1.12 bits per heavy atom. The summed E-state index contributed by atoms with van der Waals surface area (Å²) in [6.07, 6.45) is 3.38. The number of aliphatic hydroxyl groups is 1. The number of fused-ring (bicyclic) bond motifs is 1. The van der Waals surface area contributed by atoms with Gasteiger partial charge in [-0.2, -0.15) is 8.78 Å². The van der Waals surface area contributed by atoms with E-state index in [1.165, 1.54) is 17.7 Å². The minimum atomic E-state index is -2.96. The SMILES string of the molecule is CC(=O)N1CCN(c2ncc(-c3ccc4c(=O)n(C)n(Cc5cc(C)ccc5OC(F)F)c4c3)cn2)CC1CO. The molecule has 40 heavy (non-hydrogen) atoms. The lowest BCUT2D eigenvalue weighted by Crippen LogP contribution is -2.56. The monoisotopic (exact) mass is 552 g/mol. The first-order valence-corrected chi connectivity index (χ1v) is 12.9. The van der Waals surface area contributed by atoms with Gasteiger partial charge < -0.3 is 19.6 Å². The van der Waals surface area contributed by atoms with Crippen LogP contribution in [0.15, 0.2) is 53.6 Å². The fourth-order valence-corrected chi connectivity index (χ4v) is 5.19.